The highest BCUT2D eigenvalue weighted by Crippen LogP contribution is 2.25. The Kier molecular flexibility index (Phi) is 7.81. The zero-order valence-corrected chi connectivity index (χ0v) is 16.5. The topological polar surface area (TPSA) is 86.2 Å². The van der Waals surface area contributed by atoms with Gasteiger partial charge < -0.3 is 14.2 Å². The summed E-state index contributed by atoms with van der Waals surface area (Å²) in [5.74, 6) is 0.311. The number of amides is 1. The number of nitrogens with zero attached hydrogens (tertiary/aromatic N) is 1. The Hall–Kier alpha value is -2.87. The molecule has 0 unspecified atom stereocenters. The molecule has 2 rings (SSSR count). The van der Waals surface area contributed by atoms with Crippen LogP contribution in [0.2, 0.25) is 0 Å². The highest BCUT2D eigenvalue weighted by atomic mass is 79.9. The lowest BCUT2D eigenvalue weighted by atomic mass is 10.2. The summed E-state index contributed by atoms with van der Waals surface area (Å²) in [5, 5.41) is 3.89. The van der Waals surface area contributed by atoms with E-state index in [2.05, 4.69) is 31.2 Å². The first-order valence-corrected chi connectivity index (χ1v) is 8.78. The van der Waals surface area contributed by atoms with Gasteiger partial charge in [0.25, 0.3) is 5.91 Å². The van der Waals surface area contributed by atoms with Gasteiger partial charge in [0.05, 0.1) is 17.8 Å². The van der Waals surface area contributed by atoms with Crippen LogP contribution in [-0.2, 0) is 14.3 Å². The van der Waals surface area contributed by atoms with Crippen LogP contribution in [0.25, 0.3) is 0 Å². The summed E-state index contributed by atoms with van der Waals surface area (Å²) >= 11 is 3.35. The summed E-state index contributed by atoms with van der Waals surface area (Å²) in [5.41, 5.74) is 4.08. The molecule has 27 heavy (non-hydrogen) atoms. The van der Waals surface area contributed by atoms with E-state index in [0.717, 1.165) is 11.1 Å². The molecule has 7 nitrogen and oxygen atoms in total. The second kappa shape index (κ2) is 10.3. The number of para-hydroxylation sites is 1. The highest BCUT2D eigenvalue weighted by molar-refractivity contribution is 9.10. The quantitative estimate of drug-likeness (QED) is 0.392. The van der Waals surface area contributed by atoms with E-state index in [1.165, 1.54) is 13.3 Å². The van der Waals surface area contributed by atoms with Crippen molar-refractivity contribution in [3.8, 4) is 11.5 Å². The molecule has 0 bridgehead atoms. The minimum Gasteiger partial charge on any atom is -0.483 e. The largest absolute Gasteiger partial charge is 0.483 e. The van der Waals surface area contributed by atoms with E-state index in [1.54, 1.807) is 24.3 Å². The molecule has 2 aromatic carbocycles. The Labute approximate surface area is 165 Å². The fourth-order valence-electron chi connectivity index (χ4n) is 1.98. The van der Waals surface area contributed by atoms with E-state index >= 15 is 0 Å². The number of hydrogen-bond donors (Lipinski definition) is 1. The van der Waals surface area contributed by atoms with Gasteiger partial charge in [0, 0.05) is 0 Å². The molecule has 0 fully saturated rings. The maximum absolute atomic E-state index is 11.8. The van der Waals surface area contributed by atoms with Crippen molar-refractivity contribution in [3.05, 3.63) is 58.1 Å². The number of esters is 1. The lowest BCUT2D eigenvalue weighted by molar-refractivity contribution is -0.142. The van der Waals surface area contributed by atoms with E-state index in [1.807, 2.05) is 25.1 Å². The summed E-state index contributed by atoms with van der Waals surface area (Å²) in [6, 6.07) is 12.6. The van der Waals surface area contributed by atoms with E-state index < -0.39 is 5.97 Å². The van der Waals surface area contributed by atoms with Gasteiger partial charge in [-0.25, -0.2) is 10.2 Å². The number of ether oxygens (including phenoxy) is 3. The number of halogens is 1. The third-order valence-corrected chi connectivity index (χ3v) is 4.00. The van der Waals surface area contributed by atoms with E-state index in [0.29, 0.717) is 16.0 Å². The minimum atomic E-state index is -0.469. The third-order valence-electron chi connectivity index (χ3n) is 3.38. The minimum absolute atomic E-state index is 0.133. The van der Waals surface area contributed by atoms with Crippen LogP contribution in [0.1, 0.15) is 11.1 Å². The molecule has 142 valence electrons. The van der Waals surface area contributed by atoms with Crippen molar-refractivity contribution in [1.29, 1.82) is 0 Å². The number of benzene rings is 2. The Morgan fingerprint density at radius 1 is 1.11 bits per heavy atom. The molecule has 0 saturated heterocycles. The fourth-order valence-corrected chi connectivity index (χ4v) is 2.49. The van der Waals surface area contributed by atoms with Crippen molar-refractivity contribution in [2.24, 2.45) is 5.10 Å². The van der Waals surface area contributed by atoms with Crippen LogP contribution in [0.3, 0.4) is 0 Å². The van der Waals surface area contributed by atoms with Gasteiger partial charge >= 0.3 is 5.97 Å². The smallest absolute Gasteiger partial charge is 0.343 e. The predicted octanol–water partition coefficient (Wildman–Crippen LogP) is 2.84. The van der Waals surface area contributed by atoms with Gasteiger partial charge in [0.1, 0.15) is 11.5 Å². The van der Waals surface area contributed by atoms with Crippen molar-refractivity contribution in [2.45, 2.75) is 6.92 Å². The maximum atomic E-state index is 11.8. The lowest BCUT2D eigenvalue weighted by Crippen LogP contribution is -2.24. The predicted molar refractivity (Wildman–Crippen MR) is 104 cm³/mol. The number of carbonyl (C=O) groups excluding carboxylic acids is 2. The van der Waals surface area contributed by atoms with Gasteiger partial charge in [-0.2, -0.15) is 5.10 Å². The van der Waals surface area contributed by atoms with Crippen molar-refractivity contribution in [3.63, 3.8) is 0 Å². The molecular formula is C19H19BrN2O5. The van der Waals surface area contributed by atoms with Crippen LogP contribution < -0.4 is 14.9 Å². The van der Waals surface area contributed by atoms with Gasteiger partial charge in [-0.05, 0) is 58.2 Å². The molecule has 2 aromatic rings. The van der Waals surface area contributed by atoms with Gasteiger partial charge in [0.2, 0.25) is 0 Å². The zero-order chi connectivity index (χ0) is 19.6. The summed E-state index contributed by atoms with van der Waals surface area (Å²) in [4.78, 5) is 22.9. The molecule has 0 radical (unpaired) electrons. The molecule has 1 N–H and O–H groups in total. The Morgan fingerprint density at radius 2 is 1.85 bits per heavy atom. The van der Waals surface area contributed by atoms with Crippen molar-refractivity contribution < 1.29 is 23.8 Å². The van der Waals surface area contributed by atoms with Crippen molar-refractivity contribution in [1.82, 2.24) is 5.43 Å². The molecule has 0 aliphatic carbocycles. The molecular weight excluding hydrogens is 416 g/mol. The molecule has 0 aromatic heterocycles. The standard InChI is InChI=1S/C19H19BrN2O5/c1-13-5-3-4-6-16(13)26-11-18(23)22-21-10-14-7-8-17(15(20)9-14)27-12-19(24)25-2/h3-10H,11-12H2,1-2H3,(H,22,23). The fraction of sp³-hybridized carbons (Fsp3) is 0.211. The van der Waals surface area contributed by atoms with Crippen LogP contribution in [0.15, 0.2) is 52.0 Å². The number of hydrogen-bond acceptors (Lipinski definition) is 6. The second-order valence-electron chi connectivity index (χ2n) is 5.40. The summed E-state index contributed by atoms with van der Waals surface area (Å²) in [7, 11) is 1.29. The van der Waals surface area contributed by atoms with Crippen LogP contribution in [0.5, 0.6) is 11.5 Å². The molecule has 0 aliphatic heterocycles. The van der Waals surface area contributed by atoms with E-state index in [4.69, 9.17) is 9.47 Å². The second-order valence-corrected chi connectivity index (χ2v) is 6.26. The molecule has 0 saturated carbocycles. The lowest BCUT2D eigenvalue weighted by Gasteiger charge is -2.08. The molecule has 8 heteroatoms. The average Bonchev–Trinajstić information content (AvgIpc) is 2.66. The van der Waals surface area contributed by atoms with Gasteiger partial charge in [-0.1, -0.05) is 18.2 Å². The van der Waals surface area contributed by atoms with Crippen LogP contribution in [0, 0.1) is 6.92 Å². The van der Waals surface area contributed by atoms with Gasteiger partial charge in [0.15, 0.2) is 13.2 Å². The monoisotopic (exact) mass is 434 g/mol. The highest BCUT2D eigenvalue weighted by Gasteiger charge is 2.06. The SMILES string of the molecule is COC(=O)COc1ccc(C=NNC(=O)COc2ccccc2C)cc1Br. The average molecular weight is 435 g/mol. The normalized spacial score (nSPS) is 10.5. The first-order chi connectivity index (χ1) is 13.0. The number of methoxy groups -OCH3 is 1. The number of hydrazone groups is 1. The number of nitrogens with one attached hydrogen (secondary N) is 1. The Bertz CT molecular complexity index is 839. The van der Waals surface area contributed by atoms with Crippen molar-refractivity contribution in [2.75, 3.05) is 20.3 Å². The maximum Gasteiger partial charge on any atom is 0.343 e. The van der Waals surface area contributed by atoms with E-state index in [-0.39, 0.29) is 19.1 Å². The number of aryl methyl sites for hydroxylation is 1. The Balaban J connectivity index is 1.83. The molecule has 1 amide bonds. The first-order valence-electron chi connectivity index (χ1n) is 7.99. The molecule has 0 aliphatic rings. The number of rotatable bonds is 8. The number of carbonyl (C=O) groups is 2. The van der Waals surface area contributed by atoms with Crippen LogP contribution in [-0.4, -0.2) is 38.4 Å². The summed E-state index contributed by atoms with van der Waals surface area (Å²) < 4.78 is 15.9. The molecule has 0 spiro atoms. The van der Waals surface area contributed by atoms with Crippen LogP contribution >= 0.6 is 15.9 Å². The Morgan fingerprint density at radius 3 is 2.56 bits per heavy atom. The van der Waals surface area contributed by atoms with Gasteiger partial charge in [-0.15, -0.1) is 0 Å². The van der Waals surface area contributed by atoms with Crippen molar-refractivity contribution >= 4 is 34.0 Å². The van der Waals surface area contributed by atoms with Crippen LogP contribution in [0.4, 0.5) is 0 Å². The summed E-state index contributed by atoms with van der Waals surface area (Å²) in [6.45, 7) is 1.59. The van der Waals surface area contributed by atoms with Gasteiger partial charge in [-0.3, -0.25) is 4.79 Å². The molecule has 0 atom stereocenters. The molecule has 0 heterocycles. The first kappa shape index (κ1) is 20.4. The zero-order valence-electron chi connectivity index (χ0n) is 14.9. The third kappa shape index (κ3) is 6.74. The summed E-state index contributed by atoms with van der Waals surface area (Å²) in [6.07, 6.45) is 1.49. The van der Waals surface area contributed by atoms with E-state index in [9.17, 15) is 9.59 Å².